The first kappa shape index (κ1) is 16.1. The molecule has 3 N–H and O–H groups in total. The second kappa shape index (κ2) is 6.49. The van der Waals surface area contributed by atoms with Crippen molar-refractivity contribution in [2.75, 3.05) is 11.4 Å². The lowest BCUT2D eigenvalue weighted by molar-refractivity contribution is -0.136. The van der Waals surface area contributed by atoms with Crippen LogP contribution in [0.2, 0.25) is 0 Å². The molecule has 0 aliphatic heterocycles. The molecule has 0 aliphatic rings. The van der Waals surface area contributed by atoms with E-state index in [0.29, 0.717) is 5.69 Å². The van der Waals surface area contributed by atoms with Crippen LogP contribution in [-0.4, -0.2) is 31.9 Å². The number of anilines is 1. The first-order valence-corrected chi connectivity index (χ1v) is 7.45. The van der Waals surface area contributed by atoms with Gasteiger partial charge in [-0.1, -0.05) is 6.92 Å². The Morgan fingerprint density at radius 1 is 1.25 bits per heavy atom. The Hall–Kier alpha value is -1.93. The number of nitrogens with two attached hydrogens (primary N) is 1. The number of carboxylic acid groups (broad SMARTS) is 1. The standard InChI is InChI=1S/C12H16N2O5S/c1-2-11(15)14(8-7-12(16)17)9-3-5-10(6-4-9)20(13,18)19/h3-6H,2,7-8H2,1H3,(H,16,17)(H2,13,18,19). The van der Waals surface area contributed by atoms with Gasteiger partial charge >= 0.3 is 5.97 Å². The van der Waals surface area contributed by atoms with Crippen LogP contribution in [0.3, 0.4) is 0 Å². The molecule has 0 aromatic heterocycles. The van der Waals surface area contributed by atoms with Crippen molar-refractivity contribution in [1.82, 2.24) is 0 Å². The van der Waals surface area contributed by atoms with E-state index in [-0.39, 0.29) is 30.2 Å². The quantitative estimate of drug-likeness (QED) is 0.795. The highest BCUT2D eigenvalue weighted by atomic mass is 32.2. The molecule has 1 amide bonds. The van der Waals surface area contributed by atoms with Crippen LogP contribution in [0.5, 0.6) is 0 Å². The zero-order chi connectivity index (χ0) is 15.3. The van der Waals surface area contributed by atoms with Gasteiger partial charge in [0.1, 0.15) is 0 Å². The van der Waals surface area contributed by atoms with E-state index in [2.05, 4.69) is 0 Å². The van der Waals surface area contributed by atoms with Gasteiger partial charge in [0.25, 0.3) is 0 Å². The van der Waals surface area contributed by atoms with Crippen molar-refractivity contribution in [3.8, 4) is 0 Å². The second-order valence-electron chi connectivity index (χ2n) is 4.08. The Morgan fingerprint density at radius 3 is 2.20 bits per heavy atom. The molecular weight excluding hydrogens is 284 g/mol. The summed E-state index contributed by atoms with van der Waals surface area (Å²) in [6.45, 7) is 1.69. The summed E-state index contributed by atoms with van der Waals surface area (Å²) in [7, 11) is -3.79. The fraction of sp³-hybridized carbons (Fsp3) is 0.333. The number of rotatable bonds is 6. The monoisotopic (exact) mass is 300 g/mol. The van der Waals surface area contributed by atoms with Gasteiger partial charge in [-0.3, -0.25) is 9.59 Å². The number of primary sulfonamides is 1. The third-order valence-corrected chi connectivity index (χ3v) is 3.56. The number of carbonyl (C=O) groups excluding carboxylic acids is 1. The molecule has 0 unspecified atom stereocenters. The predicted octanol–water partition coefficient (Wildman–Crippen LogP) is 0.552. The number of aliphatic carboxylic acids is 1. The first-order chi connectivity index (χ1) is 9.25. The molecule has 0 atom stereocenters. The minimum atomic E-state index is -3.79. The van der Waals surface area contributed by atoms with Gasteiger partial charge in [-0.15, -0.1) is 0 Å². The van der Waals surface area contributed by atoms with Gasteiger partial charge in [-0.25, -0.2) is 13.6 Å². The van der Waals surface area contributed by atoms with Gasteiger partial charge in [-0.2, -0.15) is 0 Å². The Balaban J connectivity index is 3.02. The number of sulfonamides is 1. The number of carbonyl (C=O) groups is 2. The van der Waals surface area contributed by atoms with Crippen LogP contribution < -0.4 is 10.0 Å². The van der Waals surface area contributed by atoms with Gasteiger partial charge in [0.05, 0.1) is 11.3 Å². The normalized spacial score (nSPS) is 11.1. The largest absolute Gasteiger partial charge is 0.481 e. The van der Waals surface area contributed by atoms with Crippen molar-refractivity contribution in [3.63, 3.8) is 0 Å². The van der Waals surface area contributed by atoms with Gasteiger partial charge in [0.2, 0.25) is 15.9 Å². The molecule has 20 heavy (non-hydrogen) atoms. The maximum Gasteiger partial charge on any atom is 0.305 e. The van der Waals surface area contributed by atoms with Crippen LogP contribution in [0, 0.1) is 0 Å². The molecule has 0 bridgehead atoms. The Bertz CT molecular complexity index is 595. The fourth-order valence-electron chi connectivity index (χ4n) is 1.61. The fourth-order valence-corrected chi connectivity index (χ4v) is 2.13. The number of hydrogen-bond donors (Lipinski definition) is 2. The Morgan fingerprint density at radius 2 is 1.80 bits per heavy atom. The lowest BCUT2D eigenvalue weighted by atomic mass is 10.2. The molecule has 0 heterocycles. The van der Waals surface area contributed by atoms with Crippen LogP contribution in [0.1, 0.15) is 19.8 Å². The zero-order valence-electron chi connectivity index (χ0n) is 10.9. The van der Waals surface area contributed by atoms with E-state index in [1.54, 1.807) is 6.92 Å². The van der Waals surface area contributed by atoms with Crippen LogP contribution in [0.15, 0.2) is 29.2 Å². The van der Waals surface area contributed by atoms with E-state index in [1.807, 2.05) is 0 Å². The van der Waals surface area contributed by atoms with Crippen molar-refractivity contribution >= 4 is 27.6 Å². The van der Waals surface area contributed by atoms with Crippen molar-refractivity contribution in [2.45, 2.75) is 24.7 Å². The molecule has 7 nitrogen and oxygen atoms in total. The van der Waals surface area contributed by atoms with Gasteiger partial charge in [-0.05, 0) is 24.3 Å². The smallest absolute Gasteiger partial charge is 0.305 e. The molecule has 1 rings (SSSR count). The highest BCUT2D eigenvalue weighted by molar-refractivity contribution is 7.89. The highest BCUT2D eigenvalue weighted by Gasteiger charge is 2.16. The Kier molecular flexibility index (Phi) is 5.23. The highest BCUT2D eigenvalue weighted by Crippen LogP contribution is 2.18. The average molecular weight is 300 g/mol. The van der Waals surface area contributed by atoms with Crippen LogP contribution in [0.25, 0.3) is 0 Å². The van der Waals surface area contributed by atoms with Crippen LogP contribution >= 0.6 is 0 Å². The van der Waals surface area contributed by atoms with Crippen molar-refractivity contribution in [1.29, 1.82) is 0 Å². The zero-order valence-corrected chi connectivity index (χ0v) is 11.8. The van der Waals surface area contributed by atoms with Gasteiger partial charge in [0.15, 0.2) is 0 Å². The summed E-state index contributed by atoms with van der Waals surface area (Å²) in [5.74, 6) is -1.25. The van der Waals surface area contributed by atoms with E-state index < -0.39 is 16.0 Å². The third kappa shape index (κ3) is 4.32. The predicted molar refractivity (Wildman–Crippen MR) is 72.7 cm³/mol. The molecular formula is C12H16N2O5S. The van der Waals surface area contributed by atoms with E-state index in [4.69, 9.17) is 10.2 Å². The molecule has 0 saturated carbocycles. The van der Waals surface area contributed by atoms with Crippen LogP contribution in [-0.2, 0) is 19.6 Å². The number of amides is 1. The molecule has 1 aromatic rings. The van der Waals surface area contributed by atoms with E-state index in [1.165, 1.54) is 29.2 Å². The summed E-state index contributed by atoms with van der Waals surface area (Å²) in [6.07, 6.45) is 0.0270. The number of benzene rings is 1. The summed E-state index contributed by atoms with van der Waals surface area (Å²) < 4.78 is 22.3. The molecule has 0 radical (unpaired) electrons. The summed E-state index contributed by atoms with van der Waals surface area (Å²) in [5.41, 5.74) is 0.436. The summed E-state index contributed by atoms with van der Waals surface area (Å²) >= 11 is 0. The molecule has 0 saturated heterocycles. The molecule has 0 spiro atoms. The molecule has 110 valence electrons. The number of hydrogen-bond acceptors (Lipinski definition) is 4. The van der Waals surface area contributed by atoms with Crippen LogP contribution in [0.4, 0.5) is 5.69 Å². The van der Waals surface area contributed by atoms with E-state index in [0.717, 1.165) is 0 Å². The Labute approximate surface area is 117 Å². The van der Waals surface area contributed by atoms with Crippen molar-refractivity contribution in [3.05, 3.63) is 24.3 Å². The summed E-state index contributed by atoms with van der Waals surface area (Å²) in [5, 5.41) is 13.7. The molecule has 0 aliphatic carbocycles. The lowest BCUT2D eigenvalue weighted by Crippen LogP contribution is -2.32. The van der Waals surface area contributed by atoms with Gasteiger partial charge in [0, 0.05) is 18.7 Å². The van der Waals surface area contributed by atoms with Crippen molar-refractivity contribution < 1.29 is 23.1 Å². The molecule has 8 heteroatoms. The lowest BCUT2D eigenvalue weighted by Gasteiger charge is -2.21. The minimum absolute atomic E-state index is 0.0245. The molecule has 0 fully saturated rings. The second-order valence-corrected chi connectivity index (χ2v) is 5.64. The summed E-state index contributed by atoms with van der Waals surface area (Å²) in [4.78, 5) is 23.6. The first-order valence-electron chi connectivity index (χ1n) is 5.90. The maximum atomic E-state index is 11.8. The maximum absolute atomic E-state index is 11.8. The molecule has 1 aromatic carbocycles. The minimum Gasteiger partial charge on any atom is -0.481 e. The number of carboxylic acids is 1. The number of nitrogens with zero attached hydrogens (tertiary/aromatic N) is 1. The third-order valence-electron chi connectivity index (χ3n) is 2.63. The topological polar surface area (TPSA) is 118 Å². The van der Waals surface area contributed by atoms with E-state index >= 15 is 0 Å². The van der Waals surface area contributed by atoms with E-state index in [9.17, 15) is 18.0 Å². The summed E-state index contributed by atoms with van der Waals surface area (Å²) in [6, 6.07) is 5.41. The van der Waals surface area contributed by atoms with Crippen molar-refractivity contribution in [2.24, 2.45) is 5.14 Å². The van der Waals surface area contributed by atoms with Gasteiger partial charge < -0.3 is 10.0 Å². The average Bonchev–Trinajstić information content (AvgIpc) is 2.37. The SMILES string of the molecule is CCC(=O)N(CCC(=O)O)c1ccc(S(N)(=O)=O)cc1.